The van der Waals surface area contributed by atoms with Gasteiger partial charge in [0.15, 0.2) is 0 Å². The van der Waals surface area contributed by atoms with Crippen molar-refractivity contribution in [1.82, 2.24) is 10.6 Å². The van der Waals surface area contributed by atoms with Gasteiger partial charge in [0.25, 0.3) is 0 Å². The van der Waals surface area contributed by atoms with E-state index in [2.05, 4.69) is 56.8 Å². The van der Waals surface area contributed by atoms with Crippen LogP contribution in [-0.2, 0) is 32.4 Å². The third kappa shape index (κ3) is 6.19. The Bertz CT molecular complexity index is 948. The molecule has 0 radical (unpaired) electrons. The van der Waals surface area contributed by atoms with Gasteiger partial charge in [-0.25, -0.2) is 19.6 Å². The second kappa shape index (κ2) is 12.0. The smallest absolute Gasteiger partial charge is 0.127 e. The minimum absolute atomic E-state index is 0.359. The predicted molar refractivity (Wildman–Crippen MR) is 141 cm³/mol. The van der Waals surface area contributed by atoms with Crippen LogP contribution in [0.2, 0.25) is 0 Å². The van der Waals surface area contributed by atoms with Crippen molar-refractivity contribution in [2.24, 2.45) is 11.8 Å². The lowest BCUT2D eigenvalue weighted by molar-refractivity contribution is -0.248. The lowest BCUT2D eigenvalue weighted by Crippen LogP contribution is -2.44. The maximum absolute atomic E-state index is 6.49. The van der Waals surface area contributed by atoms with Crippen molar-refractivity contribution in [3.8, 4) is 11.5 Å². The summed E-state index contributed by atoms with van der Waals surface area (Å²) in [6.07, 6.45) is 1.82. The summed E-state index contributed by atoms with van der Waals surface area (Å²) < 4.78 is 6.49. The lowest BCUT2D eigenvalue weighted by atomic mass is 9.98. The molecule has 4 heterocycles. The van der Waals surface area contributed by atoms with Gasteiger partial charge in [-0.2, -0.15) is 0 Å². The van der Waals surface area contributed by atoms with Gasteiger partial charge in [0.2, 0.25) is 0 Å². The largest absolute Gasteiger partial charge is 0.457 e. The molecule has 0 bridgehead atoms. The monoisotopic (exact) mass is 510 g/mol. The Balaban J connectivity index is 1.25. The maximum atomic E-state index is 6.49. The zero-order valence-electron chi connectivity index (χ0n) is 21.5. The normalized spacial score (nSPS) is 21.6. The van der Waals surface area contributed by atoms with E-state index in [4.69, 9.17) is 24.3 Å². The fourth-order valence-electron chi connectivity index (χ4n) is 5.67. The summed E-state index contributed by atoms with van der Waals surface area (Å²) in [5.74, 6) is 2.44. The molecule has 2 aromatic rings. The molecular formula is C28H38N4O5. The second-order valence-electron chi connectivity index (χ2n) is 10.4. The lowest BCUT2D eigenvalue weighted by Gasteiger charge is -2.32. The number of ether oxygens (including phenoxy) is 1. The molecule has 0 spiro atoms. The summed E-state index contributed by atoms with van der Waals surface area (Å²) in [5, 5.41) is 6.90. The second-order valence-corrected chi connectivity index (χ2v) is 10.4. The van der Waals surface area contributed by atoms with Gasteiger partial charge in [0.1, 0.15) is 11.5 Å². The summed E-state index contributed by atoms with van der Waals surface area (Å²) in [7, 11) is 0. The first-order valence-corrected chi connectivity index (χ1v) is 13.7. The van der Waals surface area contributed by atoms with Gasteiger partial charge < -0.3 is 25.2 Å². The number of rotatable bonds is 8. The number of nitrogens with one attached hydrogen (secondary N) is 2. The molecular weight excluding hydrogens is 472 g/mol. The van der Waals surface area contributed by atoms with Crippen molar-refractivity contribution in [3.63, 3.8) is 0 Å². The summed E-state index contributed by atoms with van der Waals surface area (Å²) in [6, 6.07) is 13.1. The number of hydrogen-bond acceptors (Lipinski definition) is 9. The van der Waals surface area contributed by atoms with Crippen LogP contribution in [0.15, 0.2) is 36.4 Å². The van der Waals surface area contributed by atoms with Gasteiger partial charge in [-0.1, -0.05) is 0 Å². The van der Waals surface area contributed by atoms with Crippen molar-refractivity contribution >= 4 is 11.4 Å². The van der Waals surface area contributed by atoms with Crippen molar-refractivity contribution in [2.45, 2.75) is 12.8 Å². The third-order valence-corrected chi connectivity index (χ3v) is 7.65. The Morgan fingerprint density at radius 3 is 1.43 bits per heavy atom. The minimum Gasteiger partial charge on any atom is -0.457 e. The summed E-state index contributed by atoms with van der Waals surface area (Å²) in [5.41, 5.74) is 5.15. The molecule has 6 rings (SSSR count). The molecule has 0 unspecified atom stereocenters. The molecule has 4 aliphatic heterocycles. The molecule has 0 aromatic heterocycles. The Morgan fingerprint density at radius 1 is 0.622 bits per heavy atom. The Hall–Kier alpha value is -2.40. The Labute approximate surface area is 218 Å². The first-order chi connectivity index (χ1) is 18.3. The van der Waals surface area contributed by atoms with E-state index in [1.165, 1.54) is 22.5 Å². The number of benzene rings is 2. The van der Waals surface area contributed by atoms with Crippen LogP contribution < -0.4 is 25.2 Å². The molecule has 9 nitrogen and oxygen atoms in total. The average molecular weight is 511 g/mol. The van der Waals surface area contributed by atoms with Crippen LogP contribution in [0.4, 0.5) is 11.4 Å². The van der Waals surface area contributed by atoms with E-state index in [-0.39, 0.29) is 0 Å². The van der Waals surface area contributed by atoms with Gasteiger partial charge >= 0.3 is 0 Å². The number of hydrogen-bond donors (Lipinski definition) is 2. The standard InChI is InChI=1S/C28H38N4O5/c1-3-27(31-9-5-29-6-10-31)23(13-21-17-33-34-18-21)15-25(1)37-26-2-4-28(32-11-7-30-8-12-32)24(16-26)14-22-19-35-36-20-22/h1-4,15-16,21-22,29-30H,5-14,17-20H2. The highest BCUT2D eigenvalue weighted by Crippen LogP contribution is 2.34. The van der Waals surface area contributed by atoms with Gasteiger partial charge in [-0.05, 0) is 60.4 Å². The van der Waals surface area contributed by atoms with Crippen LogP contribution in [-0.4, -0.2) is 78.8 Å². The molecule has 4 fully saturated rings. The minimum atomic E-state index is 0.359. The third-order valence-electron chi connectivity index (χ3n) is 7.65. The van der Waals surface area contributed by atoms with E-state index in [1.54, 1.807) is 0 Å². The number of piperazine rings is 2. The van der Waals surface area contributed by atoms with Crippen LogP contribution in [0.5, 0.6) is 11.5 Å². The molecule has 4 saturated heterocycles. The molecule has 4 aliphatic rings. The maximum Gasteiger partial charge on any atom is 0.127 e. The van der Waals surface area contributed by atoms with Crippen LogP contribution >= 0.6 is 0 Å². The van der Waals surface area contributed by atoms with Crippen LogP contribution in [0.25, 0.3) is 0 Å². The molecule has 0 atom stereocenters. The summed E-state index contributed by atoms with van der Waals surface area (Å²) in [6.45, 7) is 10.6. The van der Waals surface area contributed by atoms with Crippen molar-refractivity contribution in [1.29, 1.82) is 0 Å². The highest BCUT2D eigenvalue weighted by molar-refractivity contribution is 5.59. The van der Waals surface area contributed by atoms with Gasteiger partial charge in [0.05, 0.1) is 26.4 Å². The van der Waals surface area contributed by atoms with Crippen LogP contribution in [0.3, 0.4) is 0 Å². The highest BCUT2D eigenvalue weighted by Gasteiger charge is 2.24. The molecule has 9 heteroatoms. The molecule has 0 amide bonds. The van der Waals surface area contributed by atoms with E-state index in [0.29, 0.717) is 38.3 Å². The van der Waals surface area contributed by atoms with E-state index in [9.17, 15) is 0 Å². The van der Waals surface area contributed by atoms with Crippen molar-refractivity contribution < 1.29 is 24.3 Å². The quantitative estimate of drug-likeness (QED) is 0.521. The molecule has 2 N–H and O–H groups in total. The van der Waals surface area contributed by atoms with E-state index in [1.807, 2.05) is 0 Å². The Kier molecular flexibility index (Phi) is 8.06. The van der Waals surface area contributed by atoms with Crippen molar-refractivity contribution in [2.75, 3.05) is 88.6 Å². The van der Waals surface area contributed by atoms with Crippen LogP contribution in [0.1, 0.15) is 11.1 Å². The zero-order valence-corrected chi connectivity index (χ0v) is 21.5. The first kappa shape index (κ1) is 24.9. The molecule has 37 heavy (non-hydrogen) atoms. The highest BCUT2D eigenvalue weighted by atomic mass is 17.2. The molecule has 200 valence electrons. The number of anilines is 2. The van der Waals surface area contributed by atoms with Crippen LogP contribution in [0, 0.1) is 11.8 Å². The van der Waals surface area contributed by atoms with Gasteiger partial charge in [0, 0.05) is 75.6 Å². The summed E-state index contributed by atoms with van der Waals surface area (Å²) >= 11 is 0. The van der Waals surface area contributed by atoms with E-state index in [0.717, 1.165) is 76.7 Å². The van der Waals surface area contributed by atoms with E-state index < -0.39 is 0 Å². The average Bonchev–Trinajstić information content (AvgIpc) is 3.65. The topological polar surface area (TPSA) is 76.7 Å². The number of nitrogens with zero attached hydrogens (tertiary/aromatic N) is 2. The summed E-state index contributed by atoms with van der Waals surface area (Å²) in [4.78, 5) is 25.7. The Morgan fingerprint density at radius 2 is 1.03 bits per heavy atom. The fraction of sp³-hybridized carbons (Fsp3) is 0.571. The molecule has 0 saturated carbocycles. The molecule has 2 aromatic carbocycles. The predicted octanol–water partition coefficient (Wildman–Crippen LogP) is 2.54. The van der Waals surface area contributed by atoms with Crippen molar-refractivity contribution in [3.05, 3.63) is 47.5 Å². The zero-order chi connectivity index (χ0) is 24.9. The van der Waals surface area contributed by atoms with Gasteiger partial charge in [-0.15, -0.1) is 0 Å². The van der Waals surface area contributed by atoms with E-state index >= 15 is 0 Å². The van der Waals surface area contributed by atoms with Gasteiger partial charge in [-0.3, -0.25) is 0 Å². The first-order valence-electron chi connectivity index (χ1n) is 13.7. The molecule has 0 aliphatic carbocycles. The SMILES string of the molecule is c1cc(N2CCNCC2)c(CC2COOC2)cc1Oc1ccc(N2CCNCC2)c(CC2COOC2)c1. The fourth-order valence-corrected chi connectivity index (χ4v) is 5.67.